The fourth-order valence-electron chi connectivity index (χ4n) is 13.2. The van der Waals surface area contributed by atoms with E-state index in [0.717, 1.165) is 45.2 Å². The van der Waals surface area contributed by atoms with Gasteiger partial charge in [-0.3, -0.25) is 0 Å². The second-order valence-corrected chi connectivity index (χ2v) is 19.9. The van der Waals surface area contributed by atoms with Gasteiger partial charge in [0.05, 0.1) is 0 Å². The van der Waals surface area contributed by atoms with Crippen molar-refractivity contribution in [2.75, 3.05) is 0 Å². The molecule has 0 unspecified atom stereocenters. The lowest BCUT2D eigenvalue weighted by Gasteiger charge is -2.61. The average Bonchev–Trinajstić information content (AvgIpc) is 3.73. The molecule has 0 amide bonds. The fraction of sp³-hybridized carbons (Fsp3) is 0.156. The highest BCUT2D eigenvalue weighted by Gasteiger charge is 2.61. The third-order valence-electron chi connectivity index (χ3n) is 16.0. The Bertz CT molecular complexity index is 3450. The van der Waals surface area contributed by atoms with Crippen LogP contribution in [0.5, 0.6) is 0 Å². The van der Waals surface area contributed by atoms with Gasteiger partial charge >= 0.3 is 0 Å². The molecule has 6 heteroatoms. The summed E-state index contributed by atoms with van der Waals surface area (Å²) in [6.07, 6.45) is 6.69. The lowest BCUT2D eigenvalue weighted by molar-refractivity contribution is -0.0399. The van der Waals surface area contributed by atoms with E-state index < -0.39 is 0 Å². The van der Waals surface area contributed by atoms with Gasteiger partial charge in [0.2, 0.25) is 0 Å². The van der Waals surface area contributed by atoms with E-state index in [4.69, 9.17) is 29.9 Å². The topological polar surface area (TPSA) is 77.3 Å². The summed E-state index contributed by atoms with van der Waals surface area (Å²) in [5.74, 6) is 6.94. The molecule has 4 saturated carbocycles. The van der Waals surface area contributed by atoms with Crippen molar-refractivity contribution in [3.8, 4) is 102 Å². The maximum absolute atomic E-state index is 5.12. The molecule has 70 heavy (non-hydrogen) atoms. The van der Waals surface area contributed by atoms with Gasteiger partial charge in [-0.2, -0.15) is 0 Å². The highest BCUT2D eigenvalue weighted by Crippen LogP contribution is 2.70. The minimum absolute atomic E-state index is 0.0163. The molecule has 5 aliphatic rings. The summed E-state index contributed by atoms with van der Waals surface area (Å²) in [6.45, 7) is 0. The van der Waals surface area contributed by atoms with Crippen LogP contribution in [0.3, 0.4) is 0 Å². The molecule has 6 nitrogen and oxygen atoms in total. The Morgan fingerprint density at radius 3 is 1.14 bits per heavy atom. The standard InChI is InChI=1S/C64H48N6/c1-5-15-43(16-6-1)58-65-59(44-17-7-2-8-18-44)68-62(67-58)47-29-27-42(28-30-47)48-31-32-54-56(39-48)64(51-34-40-33-41(36-51)37-52(64)35-40)55-26-14-25-53(57(54)55)49-23-13-24-50(38-49)63-69-60(45-19-9-3-10-20-45)66-61(70-63)46-21-11-4-12-22-46/h1-32,38-41,51-52H,33-37H2. The van der Waals surface area contributed by atoms with Crippen LogP contribution in [-0.2, 0) is 5.41 Å². The summed E-state index contributed by atoms with van der Waals surface area (Å²) >= 11 is 0. The zero-order valence-electron chi connectivity index (χ0n) is 38.7. The maximum Gasteiger partial charge on any atom is 0.164 e. The van der Waals surface area contributed by atoms with Crippen molar-refractivity contribution in [3.63, 3.8) is 0 Å². The van der Waals surface area contributed by atoms with Crippen LogP contribution in [-0.4, -0.2) is 29.9 Å². The van der Waals surface area contributed by atoms with Gasteiger partial charge in [0.1, 0.15) is 0 Å². The molecule has 8 aromatic carbocycles. The molecule has 1 spiro atoms. The predicted molar refractivity (Wildman–Crippen MR) is 280 cm³/mol. The van der Waals surface area contributed by atoms with Crippen LogP contribution in [0.15, 0.2) is 206 Å². The lowest BCUT2D eigenvalue weighted by atomic mass is 9.43. The van der Waals surface area contributed by atoms with Crippen LogP contribution in [0.4, 0.5) is 0 Å². The molecule has 0 aliphatic heterocycles. The fourth-order valence-corrected chi connectivity index (χ4v) is 13.2. The first kappa shape index (κ1) is 40.8. The summed E-state index contributed by atoms with van der Waals surface area (Å²) in [6, 6.07) is 73.1. The van der Waals surface area contributed by atoms with Gasteiger partial charge in [-0.1, -0.05) is 194 Å². The third-order valence-corrected chi connectivity index (χ3v) is 16.0. The number of hydrogen-bond donors (Lipinski definition) is 0. The second kappa shape index (κ2) is 16.5. The van der Waals surface area contributed by atoms with Gasteiger partial charge in [0, 0.05) is 38.8 Å². The first-order chi connectivity index (χ1) is 34.6. The van der Waals surface area contributed by atoms with Gasteiger partial charge in [-0.05, 0) is 112 Å². The molecule has 15 rings (SSSR count). The number of rotatable bonds is 8. The zero-order chi connectivity index (χ0) is 46.2. The van der Waals surface area contributed by atoms with E-state index in [1.807, 2.05) is 72.8 Å². The van der Waals surface area contributed by atoms with Gasteiger partial charge in [0.15, 0.2) is 34.9 Å². The van der Waals surface area contributed by atoms with E-state index >= 15 is 0 Å². The molecule has 0 atom stereocenters. The quantitative estimate of drug-likeness (QED) is 0.151. The summed E-state index contributed by atoms with van der Waals surface area (Å²) in [5, 5.41) is 0. The average molecular weight is 901 g/mol. The van der Waals surface area contributed by atoms with Gasteiger partial charge in [-0.15, -0.1) is 0 Å². The minimum Gasteiger partial charge on any atom is -0.208 e. The maximum atomic E-state index is 5.12. The van der Waals surface area contributed by atoms with Crippen molar-refractivity contribution in [2.45, 2.75) is 37.5 Å². The molecule has 2 heterocycles. The number of fused-ring (bicyclic) bond motifs is 3. The van der Waals surface area contributed by atoms with Gasteiger partial charge in [-0.25, -0.2) is 29.9 Å². The Hall–Kier alpha value is -8.22. The third kappa shape index (κ3) is 6.76. The van der Waals surface area contributed by atoms with E-state index in [9.17, 15) is 0 Å². The van der Waals surface area contributed by atoms with Crippen molar-refractivity contribution in [1.29, 1.82) is 0 Å². The predicted octanol–water partition coefficient (Wildman–Crippen LogP) is 15.1. The van der Waals surface area contributed by atoms with Crippen molar-refractivity contribution in [3.05, 3.63) is 217 Å². The highest BCUT2D eigenvalue weighted by atomic mass is 15.0. The number of aromatic nitrogens is 6. The van der Waals surface area contributed by atoms with E-state index in [2.05, 4.69) is 133 Å². The van der Waals surface area contributed by atoms with Crippen LogP contribution in [0.25, 0.3) is 102 Å². The monoisotopic (exact) mass is 900 g/mol. The van der Waals surface area contributed by atoms with E-state index in [1.165, 1.54) is 76.6 Å². The Kier molecular flexibility index (Phi) is 9.61. The molecular formula is C64H48N6. The summed E-state index contributed by atoms with van der Waals surface area (Å²) in [7, 11) is 0. The lowest BCUT2D eigenvalue weighted by Crippen LogP contribution is -2.55. The Labute approximate surface area is 408 Å². The molecule has 2 aromatic heterocycles. The molecule has 4 bridgehead atoms. The summed E-state index contributed by atoms with van der Waals surface area (Å²) in [4.78, 5) is 30.2. The number of hydrogen-bond acceptors (Lipinski definition) is 6. The number of benzene rings is 8. The zero-order valence-corrected chi connectivity index (χ0v) is 38.7. The molecular weight excluding hydrogens is 853 g/mol. The van der Waals surface area contributed by atoms with Crippen LogP contribution in [0.2, 0.25) is 0 Å². The molecule has 334 valence electrons. The van der Waals surface area contributed by atoms with E-state index in [-0.39, 0.29) is 5.41 Å². The van der Waals surface area contributed by atoms with Crippen molar-refractivity contribution >= 4 is 0 Å². The van der Waals surface area contributed by atoms with Gasteiger partial charge in [0.25, 0.3) is 0 Å². The van der Waals surface area contributed by atoms with Gasteiger partial charge < -0.3 is 0 Å². The normalized spacial score (nSPS) is 20.3. The largest absolute Gasteiger partial charge is 0.208 e. The Morgan fingerprint density at radius 2 is 0.657 bits per heavy atom. The van der Waals surface area contributed by atoms with Crippen molar-refractivity contribution in [2.24, 2.45) is 23.7 Å². The Morgan fingerprint density at radius 1 is 0.271 bits per heavy atom. The minimum atomic E-state index is -0.0163. The van der Waals surface area contributed by atoms with Crippen molar-refractivity contribution in [1.82, 2.24) is 29.9 Å². The van der Waals surface area contributed by atoms with E-state index in [1.54, 1.807) is 0 Å². The van der Waals surface area contributed by atoms with Crippen molar-refractivity contribution < 1.29 is 0 Å². The Balaban J connectivity index is 0.875. The molecule has 5 aliphatic carbocycles. The van der Waals surface area contributed by atoms with Crippen LogP contribution < -0.4 is 0 Å². The smallest absolute Gasteiger partial charge is 0.164 e. The highest BCUT2D eigenvalue weighted by molar-refractivity contribution is 5.95. The number of nitrogens with zero attached hydrogens (tertiary/aromatic N) is 6. The van der Waals surface area contributed by atoms with Crippen LogP contribution >= 0.6 is 0 Å². The first-order valence-corrected chi connectivity index (χ1v) is 24.9. The second-order valence-electron chi connectivity index (χ2n) is 19.9. The van der Waals surface area contributed by atoms with E-state index in [0.29, 0.717) is 46.8 Å². The van der Waals surface area contributed by atoms with Crippen LogP contribution in [0, 0.1) is 23.7 Å². The molecule has 0 N–H and O–H groups in total. The molecule has 10 aromatic rings. The summed E-state index contributed by atoms with van der Waals surface area (Å²) < 4.78 is 0. The molecule has 4 fully saturated rings. The first-order valence-electron chi connectivity index (χ1n) is 24.9. The SMILES string of the molecule is c1ccc(-c2nc(-c3ccccc3)nc(-c3ccc(-c4ccc5c(c4)C4(c6cccc(-c7cccc(-c8nc(-c9ccccc9)nc(-c9ccccc9)n8)c7)c6-5)C5CC6CC(C5)CC4C6)cc3)n2)cc1. The molecule has 0 saturated heterocycles. The summed E-state index contributed by atoms with van der Waals surface area (Å²) in [5.41, 5.74) is 16.5. The van der Waals surface area contributed by atoms with Crippen LogP contribution in [0.1, 0.15) is 43.2 Å². The molecule has 0 radical (unpaired) electrons.